The van der Waals surface area contributed by atoms with Crippen LogP contribution in [-0.4, -0.2) is 17.0 Å². The summed E-state index contributed by atoms with van der Waals surface area (Å²) in [4.78, 5) is 14.8. The average Bonchev–Trinajstić information content (AvgIpc) is 2.86. The highest BCUT2D eigenvalue weighted by Gasteiger charge is 2.25. The molecule has 1 aliphatic rings. The van der Waals surface area contributed by atoms with E-state index in [1.165, 1.54) is 11.1 Å². The Morgan fingerprint density at radius 3 is 2.90 bits per heavy atom. The summed E-state index contributed by atoms with van der Waals surface area (Å²) in [5, 5.41) is 0. The number of rotatable bonds is 2. The Morgan fingerprint density at radius 2 is 2.14 bits per heavy atom. The molecule has 1 aliphatic heterocycles. The molecule has 110 valence electrons. The molecule has 2 aromatic rings. The van der Waals surface area contributed by atoms with Crippen molar-refractivity contribution in [3.8, 4) is 0 Å². The molecule has 3 nitrogen and oxygen atoms in total. The fraction of sp³-hybridized carbons (Fsp3) is 0.353. The van der Waals surface area contributed by atoms with Crippen molar-refractivity contribution >= 4 is 27.5 Å². The maximum absolute atomic E-state index is 12.9. The summed E-state index contributed by atoms with van der Waals surface area (Å²) in [7, 11) is 0. The van der Waals surface area contributed by atoms with Gasteiger partial charge in [-0.15, -0.1) is 0 Å². The third-order valence-electron chi connectivity index (χ3n) is 4.02. The van der Waals surface area contributed by atoms with Crippen molar-refractivity contribution in [1.82, 2.24) is 4.57 Å². The van der Waals surface area contributed by atoms with Crippen molar-refractivity contribution in [2.45, 2.75) is 33.2 Å². The van der Waals surface area contributed by atoms with Crippen molar-refractivity contribution in [1.29, 1.82) is 0 Å². The fourth-order valence-electron chi connectivity index (χ4n) is 2.99. The maximum atomic E-state index is 12.9. The third kappa shape index (κ3) is 2.64. The van der Waals surface area contributed by atoms with Gasteiger partial charge in [0, 0.05) is 29.4 Å². The molecule has 4 heteroatoms. The van der Waals surface area contributed by atoms with Crippen LogP contribution < -0.4 is 4.90 Å². The monoisotopic (exact) mass is 346 g/mol. The van der Waals surface area contributed by atoms with Crippen LogP contribution >= 0.6 is 15.9 Å². The van der Waals surface area contributed by atoms with Gasteiger partial charge >= 0.3 is 0 Å². The molecule has 0 saturated heterocycles. The van der Waals surface area contributed by atoms with Crippen LogP contribution in [0.4, 0.5) is 5.69 Å². The van der Waals surface area contributed by atoms with Gasteiger partial charge in [0.1, 0.15) is 5.69 Å². The molecule has 0 aliphatic carbocycles. The molecule has 0 unspecified atom stereocenters. The number of aromatic nitrogens is 1. The summed E-state index contributed by atoms with van der Waals surface area (Å²) in [6.07, 6.45) is 4.04. The molecule has 0 saturated carbocycles. The van der Waals surface area contributed by atoms with Gasteiger partial charge in [-0.05, 0) is 60.3 Å². The van der Waals surface area contributed by atoms with Gasteiger partial charge in [-0.25, -0.2) is 0 Å². The highest BCUT2D eigenvalue weighted by molar-refractivity contribution is 9.10. The van der Waals surface area contributed by atoms with E-state index in [9.17, 15) is 4.79 Å². The van der Waals surface area contributed by atoms with Crippen LogP contribution in [0.15, 0.2) is 34.9 Å². The van der Waals surface area contributed by atoms with Crippen LogP contribution in [0.1, 0.15) is 35.0 Å². The van der Waals surface area contributed by atoms with Crippen molar-refractivity contribution in [3.05, 3.63) is 51.8 Å². The number of fused-ring (bicyclic) bond motifs is 1. The largest absolute Gasteiger partial charge is 0.343 e. The first kappa shape index (κ1) is 14.4. The average molecular weight is 347 g/mol. The van der Waals surface area contributed by atoms with Gasteiger partial charge in [0.05, 0.1) is 0 Å². The van der Waals surface area contributed by atoms with Crippen LogP contribution in [-0.2, 0) is 13.0 Å². The minimum atomic E-state index is 0.0901. The molecule has 1 aromatic heterocycles. The van der Waals surface area contributed by atoms with Crippen molar-refractivity contribution < 1.29 is 4.79 Å². The summed E-state index contributed by atoms with van der Waals surface area (Å²) in [6, 6.07) is 8.27. The number of benzene rings is 1. The lowest BCUT2D eigenvalue weighted by Crippen LogP contribution is -2.36. The second-order valence-corrected chi connectivity index (χ2v) is 6.44. The van der Waals surface area contributed by atoms with Crippen molar-refractivity contribution in [2.75, 3.05) is 11.4 Å². The highest BCUT2D eigenvalue weighted by atomic mass is 79.9. The molecule has 2 heterocycles. The minimum Gasteiger partial charge on any atom is -0.343 e. The number of carbonyl (C=O) groups excluding carboxylic acids is 1. The molecule has 0 bridgehead atoms. The number of hydrogen-bond donors (Lipinski definition) is 0. The van der Waals surface area contributed by atoms with Gasteiger partial charge in [0.25, 0.3) is 5.91 Å². The summed E-state index contributed by atoms with van der Waals surface area (Å²) < 4.78 is 2.95. The third-order valence-corrected chi connectivity index (χ3v) is 4.46. The number of amides is 1. The molecular formula is C17H19BrN2O. The lowest BCUT2D eigenvalue weighted by molar-refractivity contribution is 0.0976. The molecule has 0 radical (unpaired) electrons. The SMILES string of the molecule is CCn1cc(Br)cc1C(=O)N1CCCc2cc(C)ccc21. The van der Waals surface area contributed by atoms with Gasteiger partial charge in [-0.2, -0.15) is 0 Å². The smallest absolute Gasteiger partial charge is 0.274 e. The topological polar surface area (TPSA) is 25.2 Å². The first-order valence-corrected chi connectivity index (χ1v) is 8.16. The number of nitrogens with zero attached hydrogens (tertiary/aromatic N) is 2. The Kier molecular flexibility index (Phi) is 3.89. The predicted molar refractivity (Wildman–Crippen MR) is 89.0 cm³/mol. The zero-order valence-electron chi connectivity index (χ0n) is 12.4. The van der Waals surface area contributed by atoms with E-state index in [0.29, 0.717) is 0 Å². The van der Waals surface area contributed by atoms with Crippen molar-refractivity contribution in [2.24, 2.45) is 0 Å². The maximum Gasteiger partial charge on any atom is 0.274 e. The van der Waals surface area contributed by atoms with E-state index in [4.69, 9.17) is 0 Å². The van der Waals surface area contributed by atoms with E-state index in [1.54, 1.807) is 0 Å². The Bertz CT molecular complexity index is 690. The molecule has 0 fully saturated rings. The van der Waals surface area contributed by atoms with Gasteiger partial charge in [0.15, 0.2) is 0 Å². The zero-order chi connectivity index (χ0) is 15.0. The molecule has 0 N–H and O–H groups in total. The van der Waals surface area contributed by atoms with E-state index >= 15 is 0 Å². The second kappa shape index (κ2) is 5.68. The van der Waals surface area contributed by atoms with Crippen LogP contribution in [0.2, 0.25) is 0 Å². The molecule has 21 heavy (non-hydrogen) atoms. The van der Waals surface area contributed by atoms with Gasteiger partial charge in [0.2, 0.25) is 0 Å². The Morgan fingerprint density at radius 1 is 1.33 bits per heavy atom. The molecule has 0 spiro atoms. The Hall–Kier alpha value is -1.55. The first-order chi connectivity index (χ1) is 10.1. The van der Waals surface area contributed by atoms with E-state index in [1.807, 2.05) is 21.7 Å². The molecular weight excluding hydrogens is 328 g/mol. The standard InChI is InChI=1S/C17H19BrN2O/c1-3-19-11-14(18)10-16(19)17(21)20-8-4-5-13-9-12(2)6-7-15(13)20/h6-7,9-11H,3-5,8H2,1-2H3. The summed E-state index contributed by atoms with van der Waals surface area (Å²) in [5.41, 5.74) is 4.35. The molecule has 3 rings (SSSR count). The van der Waals surface area contributed by atoms with Crippen LogP contribution in [0.3, 0.4) is 0 Å². The van der Waals surface area contributed by atoms with E-state index in [2.05, 4.69) is 48.0 Å². The number of aryl methyl sites for hydroxylation is 3. The summed E-state index contributed by atoms with van der Waals surface area (Å²) in [5.74, 6) is 0.0901. The van der Waals surface area contributed by atoms with Gasteiger partial charge in [-0.3, -0.25) is 4.79 Å². The predicted octanol–water partition coefficient (Wildman–Crippen LogP) is 4.17. The summed E-state index contributed by atoms with van der Waals surface area (Å²) >= 11 is 3.47. The van der Waals surface area contributed by atoms with E-state index in [-0.39, 0.29) is 5.91 Å². The first-order valence-electron chi connectivity index (χ1n) is 7.37. The van der Waals surface area contributed by atoms with E-state index < -0.39 is 0 Å². The molecule has 1 aromatic carbocycles. The summed E-state index contributed by atoms with van der Waals surface area (Å²) in [6.45, 7) is 5.74. The number of anilines is 1. The highest BCUT2D eigenvalue weighted by Crippen LogP contribution is 2.30. The number of carbonyl (C=O) groups is 1. The van der Waals surface area contributed by atoms with Crippen LogP contribution in [0, 0.1) is 6.92 Å². The second-order valence-electron chi connectivity index (χ2n) is 5.52. The lowest BCUT2D eigenvalue weighted by atomic mass is 9.99. The Balaban J connectivity index is 2.00. The number of hydrogen-bond acceptors (Lipinski definition) is 1. The molecule has 0 atom stereocenters. The number of halogens is 1. The van der Waals surface area contributed by atoms with E-state index in [0.717, 1.165) is 41.8 Å². The van der Waals surface area contributed by atoms with Crippen LogP contribution in [0.5, 0.6) is 0 Å². The van der Waals surface area contributed by atoms with Gasteiger partial charge < -0.3 is 9.47 Å². The Labute approximate surface area is 133 Å². The normalized spacial score (nSPS) is 14.1. The van der Waals surface area contributed by atoms with Crippen LogP contribution in [0.25, 0.3) is 0 Å². The molecule has 1 amide bonds. The zero-order valence-corrected chi connectivity index (χ0v) is 14.0. The van der Waals surface area contributed by atoms with Crippen molar-refractivity contribution in [3.63, 3.8) is 0 Å². The quantitative estimate of drug-likeness (QED) is 0.800. The van der Waals surface area contributed by atoms with Gasteiger partial charge in [-0.1, -0.05) is 17.7 Å². The fourth-order valence-corrected chi connectivity index (χ4v) is 3.45. The minimum absolute atomic E-state index is 0.0901. The lowest BCUT2D eigenvalue weighted by Gasteiger charge is -2.30.